The highest BCUT2D eigenvalue weighted by Crippen LogP contribution is 2.13. The fourth-order valence-corrected chi connectivity index (χ4v) is 1.24. The lowest BCUT2D eigenvalue weighted by molar-refractivity contribution is -0.0629. The second-order valence-electron chi connectivity index (χ2n) is 3.17. The minimum atomic E-state index is 0.415. The summed E-state index contributed by atoms with van der Waals surface area (Å²) < 4.78 is 11.0. The summed E-state index contributed by atoms with van der Waals surface area (Å²) in [5.74, 6) is 0. The van der Waals surface area contributed by atoms with Gasteiger partial charge in [0, 0.05) is 13.2 Å². The van der Waals surface area contributed by atoms with Gasteiger partial charge in [0.2, 0.25) is 0 Å². The predicted molar refractivity (Wildman–Crippen MR) is 44.7 cm³/mol. The van der Waals surface area contributed by atoms with E-state index in [0.717, 1.165) is 32.5 Å². The van der Waals surface area contributed by atoms with Gasteiger partial charge >= 0.3 is 0 Å². The van der Waals surface area contributed by atoms with Crippen LogP contribution in [0.2, 0.25) is 0 Å². The van der Waals surface area contributed by atoms with Crippen LogP contribution in [0.1, 0.15) is 33.1 Å². The monoisotopic (exact) mass is 158 g/mol. The van der Waals surface area contributed by atoms with E-state index in [9.17, 15) is 0 Å². The van der Waals surface area contributed by atoms with E-state index in [1.165, 1.54) is 0 Å². The normalized spacial score (nSPS) is 23.5. The average Bonchev–Trinajstić information content (AvgIpc) is 2.06. The molecule has 1 aliphatic heterocycles. The maximum absolute atomic E-state index is 5.76. The Morgan fingerprint density at radius 1 is 1.45 bits per heavy atom. The van der Waals surface area contributed by atoms with Gasteiger partial charge in [-0.3, -0.25) is 0 Å². The highest BCUT2D eigenvalue weighted by Gasteiger charge is 2.15. The zero-order chi connectivity index (χ0) is 8.10. The summed E-state index contributed by atoms with van der Waals surface area (Å²) in [5, 5.41) is 0. The largest absolute Gasteiger partial charge is 0.381 e. The first-order chi connectivity index (χ1) is 5.33. The molecule has 2 heteroatoms. The van der Waals surface area contributed by atoms with E-state index in [2.05, 4.69) is 13.8 Å². The van der Waals surface area contributed by atoms with Crippen molar-refractivity contribution in [3.8, 4) is 0 Å². The van der Waals surface area contributed by atoms with Gasteiger partial charge in [0.25, 0.3) is 0 Å². The summed E-state index contributed by atoms with van der Waals surface area (Å²) >= 11 is 0. The van der Waals surface area contributed by atoms with Gasteiger partial charge in [0.15, 0.2) is 0 Å². The molecule has 1 atom stereocenters. The first-order valence-electron chi connectivity index (χ1n) is 4.56. The van der Waals surface area contributed by atoms with E-state index in [0.29, 0.717) is 12.2 Å². The lowest BCUT2D eigenvalue weighted by Gasteiger charge is -2.25. The van der Waals surface area contributed by atoms with Crippen molar-refractivity contribution in [1.29, 1.82) is 0 Å². The molecule has 66 valence electrons. The maximum atomic E-state index is 5.76. The van der Waals surface area contributed by atoms with E-state index >= 15 is 0 Å². The Bertz CT molecular complexity index is 97.7. The van der Waals surface area contributed by atoms with E-state index in [-0.39, 0.29) is 0 Å². The molecular formula is C9H18O2. The molecule has 1 fully saturated rings. The Morgan fingerprint density at radius 2 is 2.09 bits per heavy atom. The molecule has 0 amide bonds. The summed E-state index contributed by atoms with van der Waals surface area (Å²) in [6.07, 6.45) is 4.13. The quantitative estimate of drug-likeness (QED) is 0.625. The number of ether oxygens (including phenoxy) is 2. The molecule has 0 aromatic carbocycles. The van der Waals surface area contributed by atoms with Gasteiger partial charge in [-0.2, -0.15) is 0 Å². The van der Waals surface area contributed by atoms with Crippen molar-refractivity contribution >= 4 is 0 Å². The van der Waals surface area contributed by atoms with Crippen molar-refractivity contribution in [1.82, 2.24) is 0 Å². The van der Waals surface area contributed by atoms with Gasteiger partial charge in [0.05, 0.1) is 12.2 Å². The molecule has 0 aliphatic carbocycles. The van der Waals surface area contributed by atoms with Gasteiger partial charge in [-0.15, -0.1) is 0 Å². The molecule has 1 unspecified atom stereocenters. The predicted octanol–water partition coefficient (Wildman–Crippen LogP) is 1.98. The molecule has 0 aromatic heterocycles. The molecular weight excluding hydrogens is 140 g/mol. The fraction of sp³-hybridized carbons (Fsp3) is 1.00. The standard InChI is InChI=1S/C9H18O2/c1-3-8(2)11-9-4-6-10-7-5-9/h8-9H,3-7H2,1-2H3. The van der Waals surface area contributed by atoms with Crippen molar-refractivity contribution in [2.75, 3.05) is 13.2 Å². The summed E-state index contributed by atoms with van der Waals surface area (Å²) in [5.41, 5.74) is 0. The van der Waals surface area contributed by atoms with Crippen LogP contribution in [-0.2, 0) is 9.47 Å². The molecule has 1 rings (SSSR count). The Morgan fingerprint density at radius 3 is 2.64 bits per heavy atom. The van der Waals surface area contributed by atoms with Gasteiger partial charge in [-0.1, -0.05) is 6.92 Å². The van der Waals surface area contributed by atoms with Gasteiger partial charge < -0.3 is 9.47 Å². The van der Waals surface area contributed by atoms with Crippen molar-refractivity contribution < 1.29 is 9.47 Å². The molecule has 0 bridgehead atoms. The van der Waals surface area contributed by atoms with Crippen LogP contribution in [0.25, 0.3) is 0 Å². The van der Waals surface area contributed by atoms with Crippen LogP contribution in [0.5, 0.6) is 0 Å². The van der Waals surface area contributed by atoms with E-state index in [1.807, 2.05) is 0 Å². The zero-order valence-corrected chi connectivity index (χ0v) is 7.51. The second kappa shape index (κ2) is 4.73. The van der Waals surface area contributed by atoms with Crippen LogP contribution >= 0.6 is 0 Å². The summed E-state index contributed by atoms with van der Waals surface area (Å²) in [6.45, 7) is 6.04. The molecule has 0 spiro atoms. The Balaban J connectivity index is 2.13. The third kappa shape index (κ3) is 3.21. The molecule has 0 radical (unpaired) electrons. The van der Waals surface area contributed by atoms with Crippen molar-refractivity contribution in [3.05, 3.63) is 0 Å². The molecule has 0 saturated carbocycles. The minimum absolute atomic E-state index is 0.415. The lowest BCUT2D eigenvalue weighted by Crippen LogP contribution is -2.26. The smallest absolute Gasteiger partial charge is 0.0622 e. The fourth-order valence-electron chi connectivity index (χ4n) is 1.24. The first-order valence-corrected chi connectivity index (χ1v) is 4.56. The average molecular weight is 158 g/mol. The summed E-state index contributed by atoms with van der Waals surface area (Å²) in [4.78, 5) is 0. The van der Waals surface area contributed by atoms with Crippen LogP contribution in [0.3, 0.4) is 0 Å². The Labute approximate surface area is 68.9 Å². The van der Waals surface area contributed by atoms with Gasteiger partial charge in [0.1, 0.15) is 0 Å². The number of hydrogen-bond donors (Lipinski definition) is 0. The van der Waals surface area contributed by atoms with Crippen molar-refractivity contribution in [3.63, 3.8) is 0 Å². The van der Waals surface area contributed by atoms with E-state index in [4.69, 9.17) is 9.47 Å². The molecule has 2 nitrogen and oxygen atoms in total. The number of hydrogen-bond acceptors (Lipinski definition) is 2. The van der Waals surface area contributed by atoms with Gasteiger partial charge in [-0.25, -0.2) is 0 Å². The molecule has 1 saturated heterocycles. The second-order valence-corrected chi connectivity index (χ2v) is 3.17. The highest BCUT2D eigenvalue weighted by atomic mass is 16.5. The molecule has 0 aromatic rings. The van der Waals surface area contributed by atoms with Crippen molar-refractivity contribution in [2.24, 2.45) is 0 Å². The molecule has 1 heterocycles. The molecule has 0 N–H and O–H groups in total. The third-order valence-electron chi connectivity index (χ3n) is 2.17. The topological polar surface area (TPSA) is 18.5 Å². The third-order valence-corrected chi connectivity index (χ3v) is 2.17. The minimum Gasteiger partial charge on any atom is -0.381 e. The van der Waals surface area contributed by atoms with E-state index in [1.54, 1.807) is 0 Å². The lowest BCUT2D eigenvalue weighted by atomic mass is 10.1. The number of rotatable bonds is 3. The van der Waals surface area contributed by atoms with Crippen LogP contribution in [0.15, 0.2) is 0 Å². The summed E-state index contributed by atoms with van der Waals surface area (Å²) in [7, 11) is 0. The van der Waals surface area contributed by atoms with E-state index < -0.39 is 0 Å². The Hall–Kier alpha value is -0.0800. The van der Waals surface area contributed by atoms with Gasteiger partial charge in [-0.05, 0) is 26.2 Å². The summed E-state index contributed by atoms with van der Waals surface area (Å²) in [6, 6.07) is 0. The Kier molecular flexibility index (Phi) is 3.87. The van der Waals surface area contributed by atoms with Crippen LogP contribution in [-0.4, -0.2) is 25.4 Å². The highest BCUT2D eigenvalue weighted by molar-refractivity contribution is 4.63. The first kappa shape index (κ1) is 9.01. The van der Waals surface area contributed by atoms with Crippen LogP contribution in [0.4, 0.5) is 0 Å². The van der Waals surface area contributed by atoms with Crippen LogP contribution < -0.4 is 0 Å². The SMILES string of the molecule is CCC(C)OC1CCOCC1. The molecule has 11 heavy (non-hydrogen) atoms. The maximum Gasteiger partial charge on any atom is 0.0622 e. The zero-order valence-electron chi connectivity index (χ0n) is 7.51. The van der Waals surface area contributed by atoms with Crippen LogP contribution in [0, 0.1) is 0 Å². The molecule has 1 aliphatic rings. The van der Waals surface area contributed by atoms with Crippen molar-refractivity contribution in [2.45, 2.75) is 45.3 Å².